The van der Waals surface area contributed by atoms with Gasteiger partial charge in [0.15, 0.2) is 0 Å². The van der Waals surface area contributed by atoms with Gasteiger partial charge in [0.05, 0.1) is 10.9 Å². The van der Waals surface area contributed by atoms with Gasteiger partial charge in [-0.2, -0.15) is 0 Å². The molecule has 0 bridgehead atoms. The van der Waals surface area contributed by atoms with Crippen LogP contribution in [0, 0.1) is 0 Å². The van der Waals surface area contributed by atoms with Crippen LogP contribution in [0.3, 0.4) is 0 Å². The molecule has 0 N–H and O–H groups in total. The van der Waals surface area contributed by atoms with E-state index in [1.807, 2.05) is 25.1 Å². The van der Waals surface area contributed by atoms with Crippen molar-refractivity contribution in [2.45, 2.75) is 75.5 Å². The molecule has 5 rings (SSSR count). The molecule has 1 fully saturated rings. The van der Waals surface area contributed by atoms with E-state index in [9.17, 15) is 4.21 Å². The Labute approximate surface area is 218 Å². The molecular weight excluding hydrogens is 464 g/mol. The highest BCUT2D eigenvalue weighted by atomic mass is 32.2. The van der Waals surface area contributed by atoms with Crippen LogP contribution in [-0.2, 0) is 23.0 Å². The van der Waals surface area contributed by atoms with E-state index in [-0.39, 0.29) is 16.4 Å². The van der Waals surface area contributed by atoms with Gasteiger partial charge in [-0.25, -0.2) is 0 Å². The molecule has 0 amide bonds. The maximum Gasteiger partial charge on any atom is 0.123 e. The van der Waals surface area contributed by atoms with Crippen molar-refractivity contribution >= 4 is 10.8 Å². The van der Waals surface area contributed by atoms with Gasteiger partial charge in [0, 0.05) is 41.4 Å². The molecule has 2 atom stereocenters. The lowest BCUT2D eigenvalue weighted by Crippen LogP contribution is -2.54. The highest BCUT2D eigenvalue weighted by molar-refractivity contribution is 7.84. The number of piperidine rings is 1. The summed E-state index contributed by atoms with van der Waals surface area (Å²) < 4.78 is 19.5. The van der Waals surface area contributed by atoms with Gasteiger partial charge in [0.2, 0.25) is 0 Å². The Bertz CT molecular complexity index is 1210. The van der Waals surface area contributed by atoms with Crippen molar-refractivity contribution in [3.63, 3.8) is 0 Å². The Morgan fingerprint density at radius 1 is 1.00 bits per heavy atom. The summed E-state index contributed by atoms with van der Waals surface area (Å²) in [6, 6.07) is 20.9. The highest BCUT2D eigenvalue weighted by Gasteiger charge is 2.41. The fourth-order valence-corrected chi connectivity index (χ4v) is 6.65. The second-order valence-electron chi connectivity index (χ2n) is 11.4. The van der Waals surface area contributed by atoms with E-state index in [0.29, 0.717) is 5.75 Å². The zero-order valence-electron chi connectivity index (χ0n) is 22.0. The van der Waals surface area contributed by atoms with Gasteiger partial charge in [-0.1, -0.05) is 36.4 Å². The third-order valence-electron chi connectivity index (χ3n) is 7.96. The smallest absolute Gasteiger partial charge is 0.123 e. The molecule has 2 unspecified atom stereocenters. The Balaban J connectivity index is 1.23. The minimum atomic E-state index is -1.01. The summed E-state index contributed by atoms with van der Waals surface area (Å²) in [6.45, 7) is 11.1. The molecule has 2 aromatic carbocycles. The number of ether oxygens (including phenoxy) is 1. The second kappa shape index (κ2) is 10.1. The standard InChI is InChI=1S/C31H38N2O2S/c1-23(28-7-5-6-18-32-28)36(34)22-24-8-10-25(11-9-24)26-12-13-29-27(21-26)14-15-31(35-29)16-19-33(20-17-31)30(2,3)4/h5-13,18,21,23H,14-17,19-20,22H2,1-4H3. The van der Waals surface area contributed by atoms with Crippen molar-refractivity contribution in [2.24, 2.45) is 0 Å². The van der Waals surface area contributed by atoms with Crippen LogP contribution >= 0.6 is 0 Å². The van der Waals surface area contributed by atoms with Crippen LogP contribution in [0.15, 0.2) is 66.9 Å². The van der Waals surface area contributed by atoms with Gasteiger partial charge in [0.1, 0.15) is 11.4 Å². The van der Waals surface area contributed by atoms with E-state index in [1.165, 1.54) is 16.7 Å². The van der Waals surface area contributed by atoms with Gasteiger partial charge >= 0.3 is 0 Å². The van der Waals surface area contributed by atoms with Crippen LogP contribution in [0.4, 0.5) is 0 Å². The molecule has 2 aliphatic heterocycles. The molecule has 36 heavy (non-hydrogen) atoms. The van der Waals surface area contributed by atoms with Gasteiger partial charge in [0.25, 0.3) is 0 Å². The third-order valence-corrected chi connectivity index (χ3v) is 9.60. The zero-order valence-corrected chi connectivity index (χ0v) is 22.8. The number of hydrogen-bond acceptors (Lipinski definition) is 4. The average Bonchev–Trinajstić information content (AvgIpc) is 2.88. The zero-order chi connectivity index (χ0) is 25.3. The summed E-state index contributed by atoms with van der Waals surface area (Å²) in [6.07, 6.45) is 6.14. The first-order valence-corrected chi connectivity index (χ1v) is 14.6. The lowest BCUT2D eigenvalue weighted by Gasteiger charge is -2.48. The monoisotopic (exact) mass is 502 g/mol. The third kappa shape index (κ3) is 5.42. The molecule has 3 heterocycles. The number of nitrogens with zero attached hydrogens (tertiary/aromatic N) is 2. The quantitative estimate of drug-likeness (QED) is 0.389. The molecule has 2 aliphatic rings. The maximum absolute atomic E-state index is 12.9. The van der Waals surface area contributed by atoms with E-state index in [1.54, 1.807) is 6.20 Å². The van der Waals surface area contributed by atoms with Crippen LogP contribution in [0.1, 0.15) is 69.0 Å². The molecule has 0 radical (unpaired) electrons. The summed E-state index contributed by atoms with van der Waals surface area (Å²) >= 11 is 0. The molecule has 1 saturated heterocycles. The molecule has 0 saturated carbocycles. The SMILES string of the molecule is CC(c1ccccn1)S(=O)Cc1ccc(-c2ccc3c(c2)CCC2(CCN(C(C)(C)C)CC2)O3)cc1. The molecule has 5 heteroatoms. The summed E-state index contributed by atoms with van der Waals surface area (Å²) in [5.41, 5.74) is 5.90. The minimum absolute atomic E-state index is 0.0000295. The lowest BCUT2D eigenvalue weighted by molar-refractivity contribution is -0.0355. The van der Waals surface area contributed by atoms with E-state index in [2.05, 4.69) is 73.1 Å². The summed E-state index contributed by atoms with van der Waals surface area (Å²) in [7, 11) is -1.01. The van der Waals surface area contributed by atoms with Crippen molar-refractivity contribution in [2.75, 3.05) is 13.1 Å². The Hall–Kier alpha value is -2.50. The Morgan fingerprint density at radius 3 is 2.39 bits per heavy atom. The number of fused-ring (bicyclic) bond motifs is 1. The number of pyridine rings is 1. The fourth-order valence-electron chi connectivity index (χ4n) is 5.47. The number of aromatic nitrogens is 1. The van der Waals surface area contributed by atoms with Crippen molar-refractivity contribution in [3.8, 4) is 16.9 Å². The maximum atomic E-state index is 12.9. The molecule has 190 valence electrons. The van der Waals surface area contributed by atoms with Gasteiger partial charge < -0.3 is 4.74 Å². The number of hydrogen-bond donors (Lipinski definition) is 0. The van der Waals surface area contributed by atoms with Crippen molar-refractivity contribution in [3.05, 3.63) is 83.7 Å². The van der Waals surface area contributed by atoms with E-state index >= 15 is 0 Å². The first-order chi connectivity index (χ1) is 17.2. The molecule has 4 nitrogen and oxygen atoms in total. The van der Waals surface area contributed by atoms with E-state index in [0.717, 1.165) is 55.8 Å². The van der Waals surface area contributed by atoms with Crippen LogP contribution in [0.25, 0.3) is 11.1 Å². The fraction of sp³-hybridized carbons (Fsp3) is 0.452. The van der Waals surface area contributed by atoms with Gasteiger partial charge in [-0.15, -0.1) is 0 Å². The lowest BCUT2D eigenvalue weighted by atomic mass is 9.81. The van der Waals surface area contributed by atoms with Gasteiger partial charge in [-0.3, -0.25) is 14.1 Å². The molecule has 0 aliphatic carbocycles. The summed E-state index contributed by atoms with van der Waals surface area (Å²) in [5, 5.41) is -0.0875. The van der Waals surface area contributed by atoms with Crippen molar-refractivity contribution in [1.82, 2.24) is 9.88 Å². The first kappa shape index (κ1) is 25.2. The normalized spacial score (nSPS) is 19.3. The number of likely N-dealkylation sites (tertiary alicyclic amines) is 1. The molecular formula is C31H38N2O2S. The largest absolute Gasteiger partial charge is 0.487 e. The predicted octanol–water partition coefficient (Wildman–Crippen LogP) is 6.72. The predicted molar refractivity (Wildman–Crippen MR) is 149 cm³/mol. The van der Waals surface area contributed by atoms with Crippen molar-refractivity contribution in [1.29, 1.82) is 0 Å². The average molecular weight is 503 g/mol. The number of aryl methyl sites for hydroxylation is 1. The highest BCUT2D eigenvalue weighted by Crippen LogP contribution is 2.41. The van der Waals surface area contributed by atoms with E-state index in [4.69, 9.17) is 4.74 Å². The summed E-state index contributed by atoms with van der Waals surface area (Å²) in [4.78, 5) is 6.95. The van der Waals surface area contributed by atoms with E-state index < -0.39 is 10.8 Å². The molecule has 3 aromatic rings. The molecule has 1 spiro atoms. The van der Waals surface area contributed by atoms with Crippen LogP contribution in [-0.4, -0.2) is 38.3 Å². The topological polar surface area (TPSA) is 42.4 Å². The minimum Gasteiger partial charge on any atom is -0.487 e. The van der Waals surface area contributed by atoms with Gasteiger partial charge in [-0.05, 0) is 99.9 Å². The van der Waals surface area contributed by atoms with Crippen LogP contribution in [0.2, 0.25) is 0 Å². The second-order valence-corrected chi connectivity index (χ2v) is 13.1. The van der Waals surface area contributed by atoms with Crippen LogP contribution in [0.5, 0.6) is 5.75 Å². The van der Waals surface area contributed by atoms with Crippen LogP contribution < -0.4 is 4.74 Å². The molecule has 1 aromatic heterocycles. The summed E-state index contributed by atoms with van der Waals surface area (Å²) in [5.74, 6) is 1.59. The number of benzene rings is 2. The first-order valence-electron chi connectivity index (χ1n) is 13.2. The Morgan fingerprint density at radius 2 is 1.72 bits per heavy atom. The van der Waals surface area contributed by atoms with Crippen molar-refractivity contribution < 1.29 is 8.95 Å². The Kier molecular flexibility index (Phi) is 7.06. The number of rotatable bonds is 5.